The summed E-state index contributed by atoms with van der Waals surface area (Å²) in [6.45, 7) is 4.67. The maximum Gasteiger partial charge on any atom is 0.329 e. The Labute approximate surface area is 130 Å². The van der Waals surface area contributed by atoms with E-state index in [-0.39, 0.29) is 5.91 Å². The molecule has 1 aromatic rings. The first-order valence-electron chi connectivity index (χ1n) is 7.72. The lowest BCUT2D eigenvalue weighted by Gasteiger charge is -2.25. The smallest absolute Gasteiger partial charge is 0.329 e. The summed E-state index contributed by atoms with van der Waals surface area (Å²) in [5.74, 6) is -0.298. The van der Waals surface area contributed by atoms with Gasteiger partial charge < -0.3 is 15.2 Å². The van der Waals surface area contributed by atoms with Crippen LogP contribution in [0.3, 0.4) is 0 Å². The lowest BCUT2D eigenvalue weighted by Crippen LogP contribution is -2.52. The molecule has 1 aliphatic carbocycles. The van der Waals surface area contributed by atoms with Crippen molar-refractivity contribution in [2.75, 3.05) is 6.61 Å². The third-order valence-electron chi connectivity index (χ3n) is 3.90. The number of nitrogens with one attached hydrogen (secondary N) is 1. The third-order valence-corrected chi connectivity index (χ3v) is 3.90. The summed E-state index contributed by atoms with van der Waals surface area (Å²) >= 11 is 0. The topological polar surface area (TPSA) is 75.6 Å². The molecule has 1 amide bonds. The largest absolute Gasteiger partial charge is 0.493 e. The van der Waals surface area contributed by atoms with Crippen molar-refractivity contribution in [3.63, 3.8) is 0 Å². The van der Waals surface area contributed by atoms with Crippen molar-refractivity contribution in [1.82, 2.24) is 5.32 Å². The number of carboxylic acid groups (broad SMARTS) is 1. The number of aliphatic carboxylic acids is 1. The van der Waals surface area contributed by atoms with E-state index in [4.69, 9.17) is 4.74 Å². The minimum absolute atomic E-state index is 0.362. The molecule has 1 fully saturated rings. The molecule has 5 heteroatoms. The van der Waals surface area contributed by atoms with Crippen LogP contribution in [0.25, 0.3) is 0 Å². The number of carbonyl (C=O) groups excluding carboxylic acids is 1. The molecule has 5 nitrogen and oxygen atoms in total. The van der Waals surface area contributed by atoms with Crippen molar-refractivity contribution in [1.29, 1.82) is 0 Å². The van der Waals surface area contributed by atoms with Crippen LogP contribution in [-0.4, -0.2) is 29.1 Å². The van der Waals surface area contributed by atoms with Gasteiger partial charge in [0.2, 0.25) is 0 Å². The summed E-state index contributed by atoms with van der Waals surface area (Å²) in [7, 11) is 0. The molecule has 0 radical (unpaired) electrons. The van der Waals surface area contributed by atoms with Crippen LogP contribution < -0.4 is 10.1 Å². The Morgan fingerprint density at radius 3 is 2.59 bits per heavy atom. The Bertz CT molecular complexity index is 547. The monoisotopic (exact) mass is 305 g/mol. The minimum atomic E-state index is -1.12. The first-order chi connectivity index (χ1) is 10.4. The van der Waals surface area contributed by atoms with Crippen LogP contribution in [0.1, 0.15) is 49.9 Å². The number of ether oxygens (including phenoxy) is 1. The Morgan fingerprint density at radius 1 is 1.32 bits per heavy atom. The predicted molar refractivity (Wildman–Crippen MR) is 83.1 cm³/mol. The fraction of sp³-hybridized carbons (Fsp3) is 0.529. The lowest BCUT2D eigenvalue weighted by molar-refractivity contribution is -0.144. The quantitative estimate of drug-likeness (QED) is 0.847. The fourth-order valence-electron chi connectivity index (χ4n) is 2.65. The van der Waals surface area contributed by atoms with E-state index in [1.54, 1.807) is 24.3 Å². The van der Waals surface area contributed by atoms with Crippen molar-refractivity contribution in [3.05, 3.63) is 29.8 Å². The zero-order valence-electron chi connectivity index (χ0n) is 13.1. The summed E-state index contributed by atoms with van der Waals surface area (Å²) in [5.41, 5.74) is -0.694. The van der Waals surface area contributed by atoms with Crippen molar-refractivity contribution in [2.45, 2.75) is 45.1 Å². The average molecular weight is 305 g/mol. The fourth-order valence-corrected chi connectivity index (χ4v) is 2.65. The predicted octanol–water partition coefficient (Wildman–Crippen LogP) is 2.85. The molecule has 0 atom stereocenters. The van der Waals surface area contributed by atoms with E-state index in [0.29, 0.717) is 36.7 Å². The number of benzene rings is 1. The molecular weight excluding hydrogens is 282 g/mol. The highest BCUT2D eigenvalue weighted by molar-refractivity contribution is 5.98. The van der Waals surface area contributed by atoms with E-state index in [9.17, 15) is 14.7 Å². The second kappa shape index (κ2) is 6.81. The molecule has 22 heavy (non-hydrogen) atoms. The Hall–Kier alpha value is -2.04. The van der Waals surface area contributed by atoms with Crippen LogP contribution in [0.5, 0.6) is 5.75 Å². The molecule has 2 rings (SSSR count). The highest BCUT2D eigenvalue weighted by Crippen LogP contribution is 2.30. The van der Waals surface area contributed by atoms with E-state index in [1.807, 2.05) is 13.8 Å². The number of hydrogen-bond donors (Lipinski definition) is 2. The first kappa shape index (κ1) is 16.3. The average Bonchev–Trinajstić information content (AvgIpc) is 2.95. The molecule has 1 aromatic carbocycles. The number of rotatable bonds is 6. The molecule has 0 spiro atoms. The Morgan fingerprint density at radius 2 is 2.00 bits per heavy atom. The lowest BCUT2D eigenvalue weighted by atomic mass is 9.97. The van der Waals surface area contributed by atoms with Gasteiger partial charge in [-0.2, -0.15) is 0 Å². The molecule has 120 valence electrons. The summed E-state index contributed by atoms with van der Waals surface area (Å²) in [6, 6.07) is 6.86. The van der Waals surface area contributed by atoms with Gasteiger partial charge in [-0.05, 0) is 37.0 Å². The second-order valence-corrected chi connectivity index (χ2v) is 6.28. The number of carbonyl (C=O) groups is 2. The van der Waals surface area contributed by atoms with Crippen LogP contribution in [0.2, 0.25) is 0 Å². The van der Waals surface area contributed by atoms with E-state index < -0.39 is 11.5 Å². The molecule has 0 aliphatic heterocycles. The summed E-state index contributed by atoms with van der Waals surface area (Å²) in [6.07, 6.45) is 2.61. The Balaban J connectivity index is 2.09. The van der Waals surface area contributed by atoms with Gasteiger partial charge in [-0.25, -0.2) is 4.79 Å². The second-order valence-electron chi connectivity index (χ2n) is 6.28. The molecule has 0 aromatic heterocycles. The standard InChI is InChI=1S/C17H23NO4/c1-12(2)11-22-14-7-5-6-13(10-14)15(19)18-17(16(20)21)8-3-4-9-17/h5-7,10,12H,3-4,8-9,11H2,1-2H3,(H,18,19)(H,20,21). The van der Waals surface area contributed by atoms with Gasteiger partial charge >= 0.3 is 5.97 Å². The van der Waals surface area contributed by atoms with E-state index >= 15 is 0 Å². The third kappa shape index (κ3) is 3.78. The number of carboxylic acids is 1. The van der Waals surface area contributed by atoms with Crippen LogP contribution in [0.15, 0.2) is 24.3 Å². The number of hydrogen-bond acceptors (Lipinski definition) is 3. The van der Waals surface area contributed by atoms with Crippen LogP contribution in [0.4, 0.5) is 0 Å². The molecule has 1 saturated carbocycles. The summed E-state index contributed by atoms with van der Waals surface area (Å²) < 4.78 is 5.60. The zero-order valence-corrected chi connectivity index (χ0v) is 13.1. The molecular formula is C17H23NO4. The molecule has 1 aliphatic rings. The molecule has 0 bridgehead atoms. The van der Waals surface area contributed by atoms with Crippen molar-refractivity contribution >= 4 is 11.9 Å². The van der Waals surface area contributed by atoms with Crippen molar-refractivity contribution in [2.24, 2.45) is 5.92 Å². The SMILES string of the molecule is CC(C)COc1cccc(C(=O)NC2(C(=O)O)CCCC2)c1. The van der Waals surface area contributed by atoms with Gasteiger partial charge in [0.15, 0.2) is 0 Å². The van der Waals surface area contributed by atoms with Gasteiger partial charge in [-0.1, -0.05) is 32.8 Å². The van der Waals surface area contributed by atoms with E-state index in [1.165, 1.54) is 0 Å². The molecule has 0 saturated heterocycles. The van der Waals surface area contributed by atoms with Crippen LogP contribution in [0, 0.1) is 5.92 Å². The first-order valence-corrected chi connectivity index (χ1v) is 7.72. The minimum Gasteiger partial charge on any atom is -0.493 e. The van der Waals surface area contributed by atoms with Crippen molar-refractivity contribution in [3.8, 4) is 5.75 Å². The van der Waals surface area contributed by atoms with Gasteiger partial charge in [0.25, 0.3) is 5.91 Å². The zero-order chi connectivity index (χ0) is 16.2. The normalized spacial score (nSPS) is 16.5. The van der Waals surface area contributed by atoms with Gasteiger partial charge in [-0.3, -0.25) is 4.79 Å². The van der Waals surface area contributed by atoms with E-state index in [2.05, 4.69) is 5.32 Å². The Kier molecular flexibility index (Phi) is 5.06. The summed E-state index contributed by atoms with van der Waals surface area (Å²) in [4.78, 5) is 23.9. The maximum atomic E-state index is 12.4. The number of amides is 1. The molecule has 0 heterocycles. The van der Waals surface area contributed by atoms with Crippen molar-refractivity contribution < 1.29 is 19.4 Å². The molecule has 2 N–H and O–H groups in total. The summed E-state index contributed by atoms with van der Waals surface area (Å²) in [5, 5.41) is 12.1. The van der Waals surface area contributed by atoms with Crippen LogP contribution >= 0.6 is 0 Å². The maximum absolute atomic E-state index is 12.4. The van der Waals surface area contributed by atoms with E-state index in [0.717, 1.165) is 12.8 Å². The van der Waals surface area contributed by atoms with Crippen LogP contribution in [-0.2, 0) is 4.79 Å². The molecule has 0 unspecified atom stereocenters. The van der Waals surface area contributed by atoms with Gasteiger partial charge in [-0.15, -0.1) is 0 Å². The van der Waals surface area contributed by atoms with Gasteiger partial charge in [0.05, 0.1) is 6.61 Å². The highest BCUT2D eigenvalue weighted by atomic mass is 16.5. The van der Waals surface area contributed by atoms with Gasteiger partial charge in [0, 0.05) is 5.56 Å². The van der Waals surface area contributed by atoms with Gasteiger partial charge in [0.1, 0.15) is 11.3 Å². The highest BCUT2D eigenvalue weighted by Gasteiger charge is 2.42.